The molecule has 2 heterocycles. The maximum Gasteiger partial charge on any atom is 0.227 e. The topological polar surface area (TPSA) is 39.3 Å². The summed E-state index contributed by atoms with van der Waals surface area (Å²) in [4.78, 5) is 19.4. The number of H-pyrrole nitrogens is 1. The lowest BCUT2D eigenvalue weighted by atomic mass is 10.1. The van der Waals surface area contributed by atoms with E-state index in [2.05, 4.69) is 4.98 Å². The average Bonchev–Trinajstić information content (AvgIpc) is 3.04. The van der Waals surface area contributed by atoms with Crippen molar-refractivity contribution < 1.29 is 13.6 Å². The highest BCUT2D eigenvalue weighted by Gasteiger charge is 2.23. The fourth-order valence-corrected chi connectivity index (χ4v) is 3.48. The van der Waals surface area contributed by atoms with E-state index in [0.717, 1.165) is 10.9 Å². The van der Waals surface area contributed by atoms with E-state index in [0.29, 0.717) is 37.4 Å². The Labute approximate surface area is 150 Å². The van der Waals surface area contributed by atoms with Crippen LogP contribution in [0.4, 0.5) is 14.5 Å². The van der Waals surface area contributed by atoms with Gasteiger partial charge in [-0.1, -0.05) is 12.1 Å². The Morgan fingerprint density at radius 2 is 1.81 bits per heavy atom. The number of para-hydroxylation sites is 1. The molecule has 1 N–H and O–H groups in total. The zero-order valence-corrected chi connectivity index (χ0v) is 14.2. The van der Waals surface area contributed by atoms with Crippen LogP contribution in [0.25, 0.3) is 10.9 Å². The number of piperazine rings is 1. The predicted octanol–water partition coefficient (Wildman–Crippen LogP) is 3.34. The highest BCUT2D eigenvalue weighted by atomic mass is 19.1. The molecule has 134 valence electrons. The fraction of sp³-hybridized carbons (Fsp3) is 0.250. The number of nitrogens with zero attached hydrogens (tertiary/aromatic N) is 2. The van der Waals surface area contributed by atoms with Crippen LogP contribution in [0.3, 0.4) is 0 Å². The van der Waals surface area contributed by atoms with E-state index >= 15 is 0 Å². The Kier molecular flexibility index (Phi) is 4.32. The maximum atomic E-state index is 13.9. The van der Waals surface area contributed by atoms with Crippen LogP contribution in [0.15, 0.2) is 48.7 Å². The molecule has 0 radical (unpaired) electrons. The van der Waals surface area contributed by atoms with Crippen LogP contribution in [0.5, 0.6) is 0 Å². The second kappa shape index (κ2) is 6.78. The summed E-state index contributed by atoms with van der Waals surface area (Å²) in [6.07, 6.45) is 2.03. The van der Waals surface area contributed by atoms with Gasteiger partial charge in [0, 0.05) is 43.3 Å². The molecule has 4 rings (SSSR count). The third kappa shape index (κ3) is 3.14. The van der Waals surface area contributed by atoms with Gasteiger partial charge in [0.15, 0.2) is 0 Å². The standard InChI is InChI=1S/C20H19F2N3O/c21-15-5-6-16-14(13-23-18(16)12-15)11-20(26)25-9-7-24(8-10-25)19-4-2-1-3-17(19)22/h1-6,12-13,23H,7-11H2. The SMILES string of the molecule is O=C(Cc1c[nH]c2cc(F)ccc12)N1CCN(c2ccccc2F)CC1. The lowest BCUT2D eigenvalue weighted by Gasteiger charge is -2.36. The summed E-state index contributed by atoms with van der Waals surface area (Å²) in [6.45, 7) is 2.33. The molecule has 2 aromatic carbocycles. The molecule has 0 saturated carbocycles. The molecule has 0 aliphatic carbocycles. The molecular weight excluding hydrogens is 336 g/mol. The van der Waals surface area contributed by atoms with Crippen molar-refractivity contribution in [2.24, 2.45) is 0 Å². The van der Waals surface area contributed by atoms with Gasteiger partial charge in [-0.15, -0.1) is 0 Å². The molecule has 0 unspecified atom stereocenters. The van der Waals surface area contributed by atoms with Crippen molar-refractivity contribution in [3.05, 3.63) is 65.9 Å². The first-order chi connectivity index (χ1) is 12.6. The van der Waals surface area contributed by atoms with Crippen molar-refractivity contribution in [2.75, 3.05) is 31.1 Å². The lowest BCUT2D eigenvalue weighted by Crippen LogP contribution is -2.49. The molecule has 1 amide bonds. The van der Waals surface area contributed by atoms with E-state index in [4.69, 9.17) is 0 Å². The number of benzene rings is 2. The molecule has 3 aromatic rings. The zero-order valence-electron chi connectivity index (χ0n) is 14.2. The minimum absolute atomic E-state index is 0.0309. The fourth-order valence-electron chi connectivity index (χ4n) is 3.48. The Hall–Kier alpha value is -2.89. The maximum absolute atomic E-state index is 13.9. The van der Waals surface area contributed by atoms with Crippen molar-refractivity contribution >= 4 is 22.5 Å². The summed E-state index contributed by atoms with van der Waals surface area (Å²) in [6, 6.07) is 11.2. The van der Waals surface area contributed by atoms with Gasteiger partial charge in [-0.05, 0) is 35.9 Å². The number of nitrogens with one attached hydrogen (secondary N) is 1. The number of carbonyl (C=O) groups is 1. The summed E-state index contributed by atoms with van der Waals surface area (Å²) in [7, 11) is 0. The number of rotatable bonds is 3. The molecule has 0 spiro atoms. The highest BCUT2D eigenvalue weighted by Crippen LogP contribution is 2.22. The van der Waals surface area contributed by atoms with Gasteiger partial charge < -0.3 is 14.8 Å². The Bertz CT molecular complexity index is 945. The van der Waals surface area contributed by atoms with Crippen molar-refractivity contribution in [2.45, 2.75) is 6.42 Å². The molecule has 0 atom stereocenters. The van der Waals surface area contributed by atoms with E-state index < -0.39 is 0 Å². The minimum Gasteiger partial charge on any atom is -0.366 e. The van der Waals surface area contributed by atoms with Crippen LogP contribution >= 0.6 is 0 Å². The monoisotopic (exact) mass is 355 g/mol. The highest BCUT2D eigenvalue weighted by molar-refractivity contribution is 5.89. The van der Waals surface area contributed by atoms with Crippen LogP contribution in [0.2, 0.25) is 0 Å². The molecule has 1 aliphatic rings. The van der Waals surface area contributed by atoms with Gasteiger partial charge >= 0.3 is 0 Å². The average molecular weight is 355 g/mol. The van der Waals surface area contributed by atoms with Gasteiger partial charge in [0.2, 0.25) is 5.91 Å². The van der Waals surface area contributed by atoms with Gasteiger partial charge in [0.05, 0.1) is 12.1 Å². The van der Waals surface area contributed by atoms with Gasteiger partial charge in [-0.3, -0.25) is 4.79 Å². The molecule has 1 fully saturated rings. The number of aromatic nitrogens is 1. The first-order valence-corrected chi connectivity index (χ1v) is 8.64. The molecule has 1 aliphatic heterocycles. The summed E-state index contributed by atoms with van der Waals surface area (Å²) in [5, 5.41) is 0.866. The van der Waals surface area contributed by atoms with Crippen molar-refractivity contribution in [3.8, 4) is 0 Å². The van der Waals surface area contributed by atoms with E-state index in [1.165, 1.54) is 18.2 Å². The third-order valence-electron chi connectivity index (χ3n) is 4.90. The number of halogens is 2. The molecular formula is C20H19F2N3O. The number of anilines is 1. The molecule has 1 saturated heterocycles. The van der Waals surface area contributed by atoms with Crippen LogP contribution in [0, 0.1) is 11.6 Å². The minimum atomic E-state index is -0.304. The largest absolute Gasteiger partial charge is 0.366 e. The van der Waals surface area contributed by atoms with Gasteiger partial charge in [-0.2, -0.15) is 0 Å². The molecule has 6 heteroatoms. The normalized spacial score (nSPS) is 14.8. The van der Waals surface area contributed by atoms with E-state index in [1.807, 2.05) is 11.0 Å². The molecule has 26 heavy (non-hydrogen) atoms. The van der Waals surface area contributed by atoms with E-state index in [-0.39, 0.29) is 24.0 Å². The van der Waals surface area contributed by atoms with Crippen LogP contribution < -0.4 is 4.90 Å². The summed E-state index contributed by atoms with van der Waals surface area (Å²) >= 11 is 0. The predicted molar refractivity (Wildman–Crippen MR) is 97.2 cm³/mol. The number of amides is 1. The van der Waals surface area contributed by atoms with Crippen LogP contribution in [-0.2, 0) is 11.2 Å². The third-order valence-corrected chi connectivity index (χ3v) is 4.90. The quantitative estimate of drug-likeness (QED) is 0.783. The van der Waals surface area contributed by atoms with Gasteiger partial charge in [0.25, 0.3) is 0 Å². The second-order valence-corrected chi connectivity index (χ2v) is 6.50. The van der Waals surface area contributed by atoms with Crippen molar-refractivity contribution in [1.82, 2.24) is 9.88 Å². The first-order valence-electron chi connectivity index (χ1n) is 8.64. The summed E-state index contributed by atoms with van der Waals surface area (Å²) < 4.78 is 27.2. The molecule has 1 aromatic heterocycles. The summed E-state index contributed by atoms with van der Waals surface area (Å²) in [5.74, 6) is -0.511. The van der Waals surface area contributed by atoms with E-state index in [9.17, 15) is 13.6 Å². The Morgan fingerprint density at radius 3 is 2.58 bits per heavy atom. The lowest BCUT2D eigenvalue weighted by molar-refractivity contribution is -0.130. The Balaban J connectivity index is 1.41. The smallest absolute Gasteiger partial charge is 0.227 e. The zero-order chi connectivity index (χ0) is 18.1. The Morgan fingerprint density at radius 1 is 1.04 bits per heavy atom. The number of carbonyl (C=O) groups excluding carboxylic acids is 1. The molecule has 0 bridgehead atoms. The van der Waals surface area contributed by atoms with Crippen molar-refractivity contribution in [1.29, 1.82) is 0 Å². The summed E-state index contributed by atoms with van der Waals surface area (Å²) in [5.41, 5.74) is 2.14. The van der Waals surface area contributed by atoms with Crippen LogP contribution in [-0.4, -0.2) is 42.0 Å². The second-order valence-electron chi connectivity index (χ2n) is 6.50. The van der Waals surface area contributed by atoms with Gasteiger partial charge in [-0.25, -0.2) is 8.78 Å². The molecule has 4 nitrogen and oxygen atoms in total. The van der Waals surface area contributed by atoms with E-state index in [1.54, 1.807) is 29.3 Å². The number of hydrogen-bond donors (Lipinski definition) is 1. The number of aromatic amines is 1. The van der Waals surface area contributed by atoms with Crippen LogP contribution in [0.1, 0.15) is 5.56 Å². The number of hydrogen-bond acceptors (Lipinski definition) is 2. The van der Waals surface area contributed by atoms with Crippen molar-refractivity contribution in [3.63, 3.8) is 0 Å². The van der Waals surface area contributed by atoms with Gasteiger partial charge in [0.1, 0.15) is 11.6 Å². The first kappa shape index (κ1) is 16.6. The number of fused-ring (bicyclic) bond motifs is 1.